The molecule has 0 aliphatic carbocycles. The van der Waals surface area contributed by atoms with Gasteiger partial charge in [0.05, 0.1) is 7.11 Å². The number of benzene rings is 1. The van der Waals surface area contributed by atoms with E-state index in [1.54, 1.807) is 7.11 Å². The predicted molar refractivity (Wildman–Crippen MR) is 83.0 cm³/mol. The normalized spacial score (nSPS) is 12.2. The molecule has 0 saturated heterocycles. The zero-order chi connectivity index (χ0) is 15.0. The molecule has 1 aromatic rings. The zero-order valence-electron chi connectivity index (χ0n) is 13.1. The van der Waals surface area contributed by atoms with Crippen LogP contribution in [0.3, 0.4) is 0 Å². The van der Waals surface area contributed by atoms with Crippen LogP contribution in [0, 0.1) is 5.92 Å². The number of amides is 1. The molecule has 1 unspecified atom stereocenters. The van der Waals surface area contributed by atoms with Gasteiger partial charge in [-0.2, -0.15) is 0 Å². The van der Waals surface area contributed by atoms with Gasteiger partial charge in [0, 0.05) is 12.5 Å². The minimum absolute atomic E-state index is 0.129. The largest absolute Gasteiger partial charge is 0.497 e. The summed E-state index contributed by atoms with van der Waals surface area (Å²) < 4.78 is 5.18. The smallest absolute Gasteiger partial charge is 0.220 e. The van der Waals surface area contributed by atoms with Crippen LogP contribution in [-0.2, 0) is 11.2 Å². The predicted octanol–water partition coefficient (Wildman–Crippen LogP) is 3.57. The van der Waals surface area contributed by atoms with Gasteiger partial charge in [-0.15, -0.1) is 0 Å². The van der Waals surface area contributed by atoms with E-state index in [0.717, 1.165) is 30.6 Å². The quantitative estimate of drug-likeness (QED) is 0.789. The van der Waals surface area contributed by atoms with Gasteiger partial charge in [0.15, 0.2) is 0 Å². The first-order chi connectivity index (χ1) is 9.51. The third-order valence-corrected chi connectivity index (χ3v) is 3.36. The van der Waals surface area contributed by atoms with Gasteiger partial charge in [-0.25, -0.2) is 0 Å². The lowest BCUT2D eigenvalue weighted by molar-refractivity contribution is -0.121. The van der Waals surface area contributed by atoms with Crippen molar-refractivity contribution < 1.29 is 9.53 Å². The van der Waals surface area contributed by atoms with Crippen LogP contribution in [0.25, 0.3) is 0 Å². The van der Waals surface area contributed by atoms with Gasteiger partial charge in [0.25, 0.3) is 0 Å². The average molecular weight is 277 g/mol. The topological polar surface area (TPSA) is 38.3 Å². The van der Waals surface area contributed by atoms with Crippen molar-refractivity contribution >= 4 is 5.91 Å². The maximum absolute atomic E-state index is 11.9. The van der Waals surface area contributed by atoms with Crippen molar-refractivity contribution in [1.29, 1.82) is 0 Å². The molecule has 1 amide bonds. The molecule has 1 atom stereocenters. The number of aryl methyl sites for hydroxylation is 1. The summed E-state index contributed by atoms with van der Waals surface area (Å²) in [5.41, 5.74) is 1.13. The Kier molecular flexibility index (Phi) is 7.13. The Morgan fingerprint density at radius 2 is 2.00 bits per heavy atom. The van der Waals surface area contributed by atoms with Crippen LogP contribution in [0.5, 0.6) is 5.75 Å². The second kappa shape index (κ2) is 8.62. The zero-order valence-corrected chi connectivity index (χ0v) is 13.1. The average Bonchev–Trinajstić information content (AvgIpc) is 2.43. The van der Waals surface area contributed by atoms with Crippen molar-refractivity contribution in [2.24, 2.45) is 5.92 Å². The van der Waals surface area contributed by atoms with E-state index in [9.17, 15) is 4.79 Å². The molecule has 112 valence electrons. The first kappa shape index (κ1) is 16.5. The van der Waals surface area contributed by atoms with E-state index in [2.05, 4.69) is 26.1 Å². The highest BCUT2D eigenvalue weighted by Gasteiger charge is 2.08. The molecule has 0 spiro atoms. The van der Waals surface area contributed by atoms with Gasteiger partial charge < -0.3 is 10.1 Å². The molecule has 1 rings (SSSR count). The maximum atomic E-state index is 11.9. The van der Waals surface area contributed by atoms with Crippen LogP contribution in [0.1, 0.15) is 45.6 Å². The number of ether oxygens (including phenoxy) is 1. The van der Waals surface area contributed by atoms with Gasteiger partial charge in [-0.05, 0) is 49.8 Å². The van der Waals surface area contributed by atoms with Crippen molar-refractivity contribution in [3.63, 3.8) is 0 Å². The number of methoxy groups -OCH3 is 1. The fourth-order valence-electron chi connectivity index (χ4n) is 2.09. The number of nitrogens with one attached hydrogen (secondary N) is 1. The summed E-state index contributed by atoms with van der Waals surface area (Å²) in [6, 6.07) is 8.14. The van der Waals surface area contributed by atoms with Gasteiger partial charge in [-0.3, -0.25) is 4.79 Å². The molecule has 0 fully saturated rings. The number of carbonyl (C=O) groups is 1. The lowest BCUT2D eigenvalue weighted by Crippen LogP contribution is -2.32. The van der Waals surface area contributed by atoms with E-state index in [-0.39, 0.29) is 11.9 Å². The monoisotopic (exact) mass is 277 g/mol. The highest BCUT2D eigenvalue weighted by atomic mass is 16.5. The van der Waals surface area contributed by atoms with Crippen LogP contribution < -0.4 is 10.1 Å². The second-order valence-electron chi connectivity index (χ2n) is 5.79. The SMILES string of the molecule is COc1cccc(CCC(=O)NC(C)CCC(C)C)c1. The van der Waals surface area contributed by atoms with E-state index in [1.807, 2.05) is 24.3 Å². The molecule has 3 nitrogen and oxygen atoms in total. The van der Waals surface area contributed by atoms with E-state index in [0.29, 0.717) is 12.3 Å². The van der Waals surface area contributed by atoms with Crippen LogP contribution in [0.2, 0.25) is 0 Å². The third-order valence-electron chi connectivity index (χ3n) is 3.36. The summed E-state index contributed by atoms with van der Waals surface area (Å²) in [6.45, 7) is 6.49. The van der Waals surface area contributed by atoms with Crippen molar-refractivity contribution in [3.8, 4) is 5.75 Å². The molecule has 0 radical (unpaired) electrons. The standard InChI is InChI=1S/C17H27NO2/c1-13(2)8-9-14(3)18-17(19)11-10-15-6-5-7-16(12-15)20-4/h5-7,12-14H,8-11H2,1-4H3,(H,18,19). The van der Waals surface area contributed by atoms with Gasteiger partial charge >= 0.3 is 0 Å². The second-order valence-corrected chi connectivity index (χ2v) is 5.79. The molecule has 0 aliphatic rings. The lowest BCUT2D eigenvalue weighted by Gasteiger charge is -2.15. The van der Waals surface area contributed by atoms with E-state index in [1.165, 1.54) is 0 Å². The number of carbonyl (C=O) groups excluding carboxylic acids is 1. The lowest BCUT2D eigenvalue weighted by atomic mass is 10.0. The molecular weight excluding hydrogens is 250 g/mol. The summed E-state index contributed by atoms with van der Waals surface area (Å²) in [5.74, 6) is 1.66. The molecule has 0 bridgehead atoms. The molecular formula is C17H27NO2. The minimum Gasteiger partial charge on any atom is -0.497 e. The fraction of sp³-hybridized carbons (Fsp3) is 0.588. The number of hydrogen-bond acceptors (Lipinski definition) is 2. The summed E-state index contributed by atoms with van der Waals surface area (Å²) in [4.78, 5) is 11.9. The summed E-state index contributed by atoms with van der Waals surface area (Å²) in [6.07, 6.45) is 3.47. The molecule has 0 heterocycles. The van der Waals surface area contributed by atoms with Crippen LogP contribution >= 0.6 is 0 Å². The molecule has 0 aliphatic heterocycles. The van der Waals surface area contributed by atoms with Crippen LogP contribution in [0.15, 0.2) is 24.3 Å². The van der Waals surface area contributed by atoms with Crippen LogP contribution in [0.4, 0.5) is 0 Å². The molecule has 20 heavy (non-hydrogen) atoms. The Labute approximate surface area is 122 Å². The maximum Gasteiger partial charge on any atom is 0.220 e. The third kappa shape index (κ3) is 6.60. The Balaban J connectivity index is 2.31. The Morgan fingerprint density at radius 1 is 1.25 bits per heavy atom. The van der Waals surface area contributed by atoms with Crippen molar-refractivity contribution in [2.45, 2.75) is 52.5 Å². The Bertz CT molecular complexity index is 415. The van der Waals surface area contributed by atoms with Crippen molar-refractivity contribution in [3.05, 3.63) is 29.8 Å². The number of rotatable bonds is 8. The molecule has 1 aromatic carbocycles. The highest BCUT2D eigenvalue weighted by Crippen LogP contribution is 2.14. The van der Waals surface area contributed by atoms with Gasteiger partial charge in [0.1, 0.15) is 5.75 Å². The van der Waals surface area contributed by atoms with Crippen molar-refractivity contribution in [1.82, 2.24) is 5.32 Å². The van der Waals surface area contributed by atoms with Gasteiger partial charge in [-0.1, -0.05) is 26.0 Å². The highest BCUT2D eigenvalue weighted by molar-refractivity contribution is 5.76. The minimum atomic E-state index is 0.129. The summed E-state index contributed by atoms with van der Waals surface area (Å²) in [5, 5.41) is 3.06. The molecule has 0 saturated carbocycles. The van der Waals surface area contributed by atoms with Crippen LogP contribution in [-0.4, -0.2) is 19.1 Å². The first-order valence-corrected chi connectivity index (χ1v) is 7.43. The Hall–Kier alpha value is -1.51. The number of hydrogen-bond donors (Lipinski definition) is 1. The summed E-state index contributed by atoms with van der Waals surface area (Å²) >= 11 is 0. The van der Waals surface area contributed by atoms with E-state index in [4.69, 9.17) is 4.74 Å². The summed E-state index contributed by atoms with van der Waals surface area (Å²) in [7, 11) is 1.65. The van der Waals surface area contributed by atoms with Crippen molar-refractivity contribution in [2.75, 3.05) is 7.11 Å². The Morgan fingerprint density at radius 3 is 2.65 bits per heavy atom. The van der Waals surface area contributed by atoms with E-state index >= 15 is 0 Å². The fourth-order valence-corrected chi connectivity index (χ4v) is 2.09. The first-order valence-electron chi connectivity index (χ1n) is 7.43. The van der Waals surface area contributed by atoms with E-state index < -0.39 is 0 Å². The molecule has 3 heteroatoms. The molecule has 0 aromatic heterocycles. The molecule has 1 N–H and O–H groups in total. The van der Waals surface area contributed by atoms with Gasteiger partial charge in [0.2, 0.25) is 5.91 Å².